The van der Waals surface area contributed by atoms with E-state index in [0.29, 0.717) is 25.2 Å². The summed E-state index contributed by atoms with van der Waals surface area (Å²) in [5, 5.41) is 4.16. The van der Waals surface area contributed by atoms with Crippen LogP contribution in [-0.4, -0.2) is 43.6 Å². The second-order valence-electron chi connectivity index (χ2n) is 6.06. The highest BCUT2D eigenvalue weighted by Crippen LogP contribution is 2.31. The Hall–Kier alpha value is -2.32. The minimum atomic E-state index is -4.44. The highest BCUT2D eigenvalue weighted by Gasteiger charge is 2.35. The SMILES string of the molecule is Cc1cc(C(=O)N2CCC[C@H](c3ncc(C(F)(F)F)[nH]3)C2)n(C)n1. The maximum absolute atomic E-state index is 12.7. The standard InChI is InChI=1S/C15H18F3N5O/c1-9-6-11(22(2)21-9)14(24)23-5-3-4-10(8-23)13-19-7-12(20-13)15(16,17)18/h6-7,10H,3-5,8H2,1-2H3,(H,19,20)/t10-/m0/s1. The van der Waals surface area contributed by atoms with Gasteiger partial charge < -0.3 is 9.88 Å². The van der Waals surface area contributed by atoms with Crippen molar-refractivity contribution in [2.75, 3.05) is 13.1 Å². The number of carbonyl (C=O) groups is 1. The van der Waals surface area contributed by atoms with Crippen LogP contribution in [0.15, 0.2) is 12.3 Å². The highest BCUT2D eigenvalue weighted by molar-refractivity contribution is 5.92. The van der Waals surface area contributed by atoms with Crippen molar-refractivity contribution in [2.45, 2.75) is 31.9 Å². The van der Waals surface area contributed by atoms with E-state index in [4.69, 9.17) is 0 Å². The Morgan fingerprint density at radius 1 is 1.42 bits per heavy atom. The van der Waals surface area contributed by atoms with Crippen LogP contribution in [0.5, 0.6) is 0 Å². The molecule has 6 nitrogen and oxygen atoms in total. The largest absolute Gasteiger partial charge is 0.432 e. The Morgan fingerprint density at radius 3 is 2.75 bits per heavy atom. The highest BCUT2D eigenvalue weighted by atomic mass is 19.4. The lowest BCUT2D eigenvalue weighted by atomic mass is 9.97. The van der Waals surface area contributed by atoms with Crippen molar-refractivity contribution in [1.29, 1.82) is 0 Å². The van der Waals surface area contributed by atoms with Gasteiger partial charge in [-0.3, -0.25) is 9.48 Å². The molecule has 1 atom stereocenters. The fraction of sp³-hybridized carbons (Fsp3) is 0.533. The first kappa shape index (κ1) is 16.5. The van der Waals surface area contributed by atoms with Crippen LogP contribution in [0.25, 0.3) is 0 Å². The van der Waals surface area contributed by atoms with Crippen LogP contribution >= 0.6 is 0 Å². The Balaban J connectivity index is 1.76. The fourth-order valence-corrected chi connectivity index (χ4v) is 3.05. The minimum Gasteiger partial charge on any atom is -0.338 e. The van der Waals surface area contributed by atoms with E-state index >= 15 is 0 Å². The average molecular weight is 341 g/mol. The summed E-state index contributed by atoms with van der Waals surface area (Å²) in [5.74, 6) is -0.112. The summed E-state index contributed by atoms with van der Waals surface area (Å²) in [6.45, 7) is 2.72. The Labute approximate surface area is 136 Å². The van der Waals surface area contributed by atoms with Crippen molar-refractivity contribution in [1.82, 2.24) is 24.6 Å². The molecule has 0 aromatic carbocycles. The van der Waals surface area contributed by atoms with Crippen LogP contribution in [0.4, 0.5) is 13.2 Å². The van der Waals surface area contributed by atoms with Crippen molar-refractivity contribution in [3.05, 3.63) is 35.2 Å². The van der Waals surface area contributed by atoms with E-state index in [1.165, 1.54) is 4.68 Å². The number of nitrogens with zero attached hydrogens (tertiary/aromatic N) is 4. The van der Waals surface area contributed by atoms with Crippen LogP contribution < -0.4 is 0 Å². The van der Waals surface area contributed by atoms with Gasteiger partial charge in [0.25, 0.3) is 5.91 Å². The van der Waals surface area contributed by atoms with Gasteiger partial charge in [-0.05, 0) is 25.8 Å². The van der Waals surface area contributed by atoms with Gasteiger partial charge in [-0.2, -0.15) is 18.3 Å². The number of alkyl halides is 3. The summed E-state index contributed by atoms with van der Waals surface area (Å²) in [4.78, 5) is 20.5. The number of imidazole rings is 1. The molecule has 1 amide bonds. The maximum atomic E-state index is 12.7. The van der Waals surface area contributed by atoms with Crippen LogP contribution in [-0.2, 0) is 13.2 Å². The van der Waals surface area contributed by atoms with Gasteiger partial charge in [0.05, 0.1) is 11.9 Å². The second-order valence-corrected chi connectivity index (χ2v) is 6.06. The van der Waals surface area contributed by atoms with Crippen molar-refractivity contribution < 1.29 is 18.0 Å². The summed E-state index contributed by atoms with van der Waals surface area (Å²) in [6.07, 6.45) is -2.23. The van der Waals surface area contributed by atoms with Crippen LogP contribution in [0.1, 0.15) is 46.5 Å². The lowest BCUT2D eigenvalue weighted by Gasteiger charge is -2.31. The van der Waals surface area contributed by atoms with Crippen LogP contribution in [0, 0.1) is 6.92 Å². The molecule has 130 valence electrons. The maximum Gasteiger partial charge on any atom is 0.432 e. The third-order valence-electron chi connectivity index (χ3n) is 4.22. The Bertz CT molecular complexity index is 749. The van der Waals surface area contributed by atoms with Gasteiger partial charge in [-0.1, -0.05) is 0 Å². The lowest BCUT2D eigenvalue weighted by molar-refractivity contribution is -0.141. The van der Waals surface area contributed by atoms with Crippen molar-refractivity contribution in [3.63, 3.8) is 0 Å². The molecular formula is C15H18F3N5O. The molecule has 3 rings (SSSR count). The molecule has 1 aliphatic rings. The number of halogens is 3. The molecule has 1 fully saturated rings. The van der Waals surface area contributed by atoms with Gasteiger partial charge in [-0.15, -0.1) is 0 Å². The van der Waals surface area contributed by atoms with Crippen molar-refractivity contribution in [2.24, 2.45) is 7.05 Å². The molecule has 0 spiro atoms. The van der Waals surface area contributed by atoms with Gasteiger partial charge in [0.15, 0.2) is 0 Å². The summed E-state index contributed by atoms with van der Waals surface area (Å²) >= 11 is 0. The molecule has 3 heterocycles. The zero-order chi connectivity index (χ0) is 17.5. The molecule has 0 saturated carbocycles. The predicted octanol–water partition coefficient (Wildman–Crippen LogP) is 2.49. The number of aryl methyl sites for hydroxylation is 2. The summed E-state index contributed by atoms with van der Waals surface area (Å²) in [7, 11) is 1.70. The normalized spacial score (nSPS) is 18.9. The summed E-state index contributed by atoms with van der Waals surface area (Å²) in [5.41, 5.74) is 0.363. The molecule has 0 unspecified atom stereocenters. The molecule has 2 aromatic heterocycles. The number of hydrogen-bond acceptors (Lipinski definition) is 3. The van der Waals surface area contributed by atoms with Crippen molar-refractivity contribution >= 4 is 5.91 Å². The minimum absolute atomic E-state index is 0.162. The number of hydrogen-bond donors (Lipinski definition) is 1. The van der Waals surface area contributed by atoms with Gasteiger partial charge >= 0.3 is 6.18 Å². The molecule has 0 aliphatic carbocycles. The molecule has 0 radical (unpaired) electrons. The average Bonchev–Trinajstić information content (AvgIpc) is 3.13. The molecular weight excluding hydrogens is 323 g/mol. The van der Waals surface area contributed by atoms with E-state index in [1.807, 2.05) is 0 Å². The van der Waals surface area contributed by atoms with E-state index < -0.39 is 11.9 Å². The first-order chi connectivity index (χ1) is 11.3. The van der Waals surface area contributed by atoms with E-state index in [2.05, 4.69) is 15.1 Å². The molecule has 1 aliphatic heterocycles. The van der Waals surface area contributed by atoms with Gasteiger partial charge in [0.2, 0.25) is 0 Å². The number of H-pyrrole nitrogens is 1. The number of piperidine rings is 1. The smallest absolute Gasteiger partial charge is 0.338 e. The number of rotatable bonds is 2. The van der Waals surface area contributed by atoms with Gasteiger partial charge in [-0.25, -0.2) is 4.98 Å². The predicted molar refractivity (Wildman–Crippen MR) is 79.4 cm³/mol. The summed E-state index contributed by atoms with van der Waals surface area (Å²) in [6, 6.07) is 1.71. The van der Waals surface area contributed by atoms with E-state index in [9.17, 15) is 18.0 Å². The zero-order valence-electron chi connectivity index (χ0n) is 13.4. The zero-order valence-corrected chi connectivity index (χ0v) is 13.4. The monoisotopic (exact) mass is 341 g/mol. The summed E-state index contributed by atoms with van der Waals surface area (Å²) < 4.78 is 39.6. The van der Waals surface area contributed by atoms with Crippen LogP contribution in [0.3, 0.4) is 0 Å². The van der Waals surface area contributed by atoms with E-state index in [0.717, 1.165) is 18.3 Å². The number of aromatic amines is 1. The molecule has 1 saturated heterocycles. The second kappa shape index (κ2) is 5.95. The topological polar surface area (TPSA) is 66.8 Å². The lowest BCUT2D eigenvalue weighted by Crippen LogP contribution is -2.40. The molecule has 24 heavy (non-hydrogen) atoms. The molecule has 2 aromatic rings. The Kier molecular flexibility index (Phi) is 4.10. The third kappa shape index (κ3) is 3.15. The van der Waals surface area contributed by atoms with Crippen LogP contribution in [0.2, 0.25) is 0 Å². The quantitative estimate of drug-likeness (QED) is 0.913. The number of likely N-dealkylation sites (tertiary alicyclic amines) is 1. The van der Waals surface area contributed by atoms with E-state index in [1.54, 1.807) is 24.9 Å². The number of carbonyl (C=O) groups excluding carboxylic acids is 1. The molecule has 0 bridgehead atoms. The first-order valence-corrected chi connectivity index (χ1v) is 7.67. The molecule has 1 N–H and O–H groups in total. The number of nitrogens with one attached hydrogen (secondary N) is 1. The molecule has 9 heteroatoms. The fourth-order valence-electron chi connectivity index (χ4n) is 3.05. The Morgan fingerprint density at radius 2 is 2.17 bits per heavy atom. The first-order valence-electron chi connectivity index (χ1n) is 7.67. The third-order valence-corrected chi connectivity index (χ3v) is 4.22. The number of amides is 1. The van der Waals surface area contributed by atoms with Crippen molar-refractivity contribution in [3.8, 4) is 0 Å². The number of aromatic nitrogens is 4. The van der Waals surface area contributed by atoms with E-state index in [-0.39, 0.29) is 17.6 Å². The van der Waals surface area contributed by atoms with Gasteiger partial charge in [0.1, 0.15) is 17.2 Å². The van der Waals surface area contributed by atoms with Gasteiger partial charge in [0, 0.05) is 26.1 Å².